The number of rotatable bonds is 2. The Morgan fingerprint density at radius 1 is 1.55 bits per heavy atom. The zero-order chi connectivity index (χ0) is 14.2. The molecule has 5 nitrogen and oxygen atoms in total. The summed E-state index contributed by atoms with van der Waals surface area (Å²) >= 11 is 5.73. The van der Waals surface area contributed by atoms with Gasteiger partial charge >= 0.3 is 12.0 Å². The highest BCUT2D eigenvalue weighted by Gasteiger charge is 2.47. The fourth-order valence-electron chi connectivity index (χ4n) is 1.75. The summed E-state index contributed by atoms with van der Waals surface area (Å²) in [6, 6.07) is 0.732. The number of aromatic hydroxyl groups is 1. The van der Waals surface area contributed by atoms with Gasteiger partial charge in [0.1, 0.15) is 6.04 Å². The third-order valence-corrected chi connectivity index (χ3v) is 2.97. The van der Waals surface area contributed by atoms with E-state index in [0.717, 1.165) is 6.07 Å². The molecule has 1 atom stereocenters. The van der Waals surface area contributed by atoms with E-state index in [-0.39, 0.29) is 34.5 Å². The second-order valence-corrected chi connectivity index (χ2v) is 4.38. The fourth-order valence-corrected chi connectivity index (χ4v) is 1.97. The molecule has 2 rings (SSSR count). The van der Waals surface area contributed by atoms with Gasteiger partial charge in [0.25, 0.3) is 0 Å². The summed E-state index contributed by atoms with van der Waals surface area (Å²) in [7, 11) is 1.26. The first kappa shape index (κ1) is 16.6. The predicted octanol–water partition coefficient (Wildman–Crippen LogP) is 2.89. The number of phenolic OH excluding ortho intramolecular Hbond substituents is 1. The van der Waals surface area contributed by atoms with E-state index in [9.17, 15) is 18.7 Å². The standard InChI is InChI=1S/C11H10ClF2NO4.ClH/c1-18-7-3-5(2-6(12)8(7)16)9-11(13,14)4-19-10(17)15-9;/h2-3,9,16H,4H2,1H3,(H,15,17);1H/t9-;/m1./s1. The van der Waals surface area contributed by atoms with Crippen LogP contribution in [0.3, 0.4) is 0 Å². The van der Waals surface area contributed by atoms with E-state index < -0.39 is 24.7 Å². The molecule has 1 saturated heterocycles. The number of alkyl halides is 2. The Balaban J connectivity index is 0.00000200. The topological polar surface area (TPSA) is 67.8 Å². The van der Waals surface area contributed by atoms with E-state index in [0.29, 0.717) is 0 Å². The van der Waals surface area contributed by atoms with Gasteiger partial charge in [0.05, 0.1) is 12.1 Å². The van der Waals surface area contributed by atoms with Gasteiger partial charge in [-0.25, -0.2) is 13.6 Å². The first-order chi connectivity index (χ1) is 8.85. The van der Waals surface area contributed by atoms with E-state index in [1.807, 2.05) is 5.32 Å². The minimum atomic E-state index is -3.29. The second-order valence-electron chi connectivity index (χ2n) is 3.97. The molecule has 0 spiro atoms. The lowest BCUT2D eigenvalue weighted by Gasteiger charge is -2.32. The van der Waals surface area contributed by atoms with Crippen molar-refractivity contribution in [3.05, 3.63) is 22.7 Å². The predicted molar refractivity (Wildman–Crippen MR) is 69.1 cm³/mol. The van der Waals surface area contributed by atoms with Crippen LogP contribution in [0.2, 0.25) is 5.02 Å². The van der Waals surface area contributed by atoms with Gasteiger partial charge in [-0.15, -0.1) is 12.4 Å². The summed E-state index contributed by atoms with van der Waals surface area (Å²) < 4.78 is 36.5. The summed E-state index contributed by atoms with van der Waals surface area (Å²) in [6.07, 6.45) is -0.945. The van der Waals surface area contributed by atoms with Crippen molar-refractivity contribution in [2.45, 2.75) is 12.0 Å². The number of cyclic esters (lactones) is 1. The van der Waals surface area contributed by atoms with Crippen molar-refractivity contribution in [2.75, 3.05) is 13.7 Å². The average molecular weight is 330 g/mol. The van der Waals surface area contributed by atoms with Gasteiger partial charge in [-0.2, -0.15) is 0 Å². The zero-order valence-electron chi connectivity index (χ0n) is 10.2. The molecule has 2 N–H and O–H groups in total. The van der Waals surface area contributed by atoms with Crippen LogP contribution in [0.25, 0.3) is 0 Å². The highest BCUT2D eigenvalue weighted by Crippen LogP contribution is 2.41. The molecule has 0 aromatic heterocycles. The van der Waals surface area contributed by atoms with Crippen molar-refractivity contribution in [1.82, 2.24) is 5.32 Å². The van der Waals surface area contributed by atoms with Crippen LogP contribution in [0.4, 0.5) is 13.6 Å². The number of hydrogen-bond donors (Lipinski definition) is 2. The van der Waals surface area contributed by atoms with Crippen LogP contribution < -0.4 is 10.1 Å². The number of halogens is 4. The molecule has 9 heteroatoms. The van der Waals surface area contributed by atoms with Crippen LogP contribution in [0, 0.1) is 0 Å². The number of alkyl carbamates (subject to hydrolysis) is 1. The maximum Gasteiger partial charge on any atom is 0.408 e. The summed E-state index contributed by atoms with van der Waals surface area (Å²) in [5, 5.41) is 11.4. The van der Waals surface area contributed by atoms with Crippen LogP contribution in [-0.2, 0) is 4.74 Å². The second kappa shape index (κ2) is 5.88. The van der Waals surface area contributed by atoms with Crippen LogP contribution in [-0.4, -0.2) is 30.8 Å². The number of benzene rings is 1. The van der Waals surface area contributed by atoms with Crippen LogP contribution in [0.1, 0.15) is 11.6 Å². The minimum Gasteiger partial charge on any atom is -0.503 e. The average Bonchev–Trinajstić information content (AvgIpc) is 2.35. The normalized spacial score (nSPS) is 20.4. The molecule has 1 aromatic rings. The molecule has 0 radical (unpaired) electrons. The lowest BCUT2D eigenvalue weighted by molar-refractivity contribution is -0.104. The molecular weight excluding hydrogens is 319 g/mol. The first-order valence-electron chi connectivity index (χ1n) is 5.22. The van der Waals surface area contributed by atoms with E-state index in [4.69, 9.17) is 16.3 Å². The van der Waals surface area contributed by atoms with Gasteiger partial charge < -0.3 is 19.9 Å². The number of amides is 1. The summed E-state index contributed by atoms with van der Waals surface area (Å²) in [6.45, 7) is -1.02. The molecule has 112 valence electrons. The Labute approximate surface area is 124 Å². The summed E-state index contributed by atoms with van der Waals surface area (Å²) in [5.74, 6) is -3.70. The number of nitrogens with one attached hydrogen (secondary N) is 1. The molecule has 0 saturated carbocycles. The highest BCUT2D eigenvalue weighted by molar-refractivity contribution is 6.32. The monoisotopic (exact) mass is 329 g/mol. The Bertz CT molecular complexity index is 527. The Morgan fingerprint density at radius 3 is 2.80 bits per heavy atom. The molecular formula is C11H11Cl2F2NO4. The molecule has 0 aliphatic carbocycles. The van der Waals surface area contributed by atoms with Crippen molar-refractivity contribution in [1.29, 1.82) is 0 Å². The summed E-state index contributed by atoms with van der Waals surface area (Å²) in [4.78, 5) is 11.1. The maximum absolute atomic E-state index is 13.7. The molecule has 1 aliphatic heterocycles. The van der Waals surface area contributed by atoms with Crippen molar-refractivity contribution in [3.63, 3.8) is 0 Å². The fraction of sp³-hybridized carbons (Fsp3) is 0.364. The van der Waals surface area contributed by atoms with Gasteiger partial charge in [-0.05, 0) is 17.7 Å². The van der Waals surface area contributed by atoms with Gasteiger partial charge in [0, 0.05) is 0 Å². The molecule has 1 fully saturated rings. The van der Waals surface area contributed by atoms with Crippen molar-refractivity contribution < 1.29 is 28.2 Å². The first-order valence-corrected chi connectivity index (χ1v) is 5.60. The number of carbonyl (C=O) groups excluding carboxylic acids is 1. The molecule has 0 unspecified atom stereocenters. The van der Waals surface area contributed by atoms with Gasteiger partial charge in [-0.3, -0.25) is 0 Å². The zero-order valence-corrected chi connectivity index (χ0v) is 11.7. The summed E-state index contributed by atoms with van der Waals surface area (Å²) in [5.41, 5.74) is 0.0151. The van der Waals surface area contributed by atoms with E-state index in [1.54, 1.807) is 0 Å². The molecule has 1 amide bonds. The van der Waals surface area contributed by atoms with Crippen molar-refractivity contribution in [2.24, 2.45) is 0 Å². The number of ether oxygens (including phenoxy) is 2. The lowest BCUT2D eigenvalue weighted by Crippen LogP contribution is -2.49. The SMILES string of the molecule is COc1cc([C@H]2NC(=O)OCC2(F)F)cc(Cl)c1O.Cl. The molecule has 1 heterocycles. The largest absolute Gasteiger partial charge is 0.503 e. The van der Waals surface area contributed by atoms with Crippen molar-refractivity contribution >= 4 is 30.1 Å². The Morgan fingerprint density at radius 2 is 2.20 bits per heavy atom. The number of carbonyl (C=O) groups is 1. The lowest BCUT2D eigenvalue weighted by atomic mass is 9.99. The number of methoxy groups -OCH3 is 1. The maximum atomic E-state index is 13.7. The van der Waals surface area contributed by atoms with Crippen LogP contribution in [0.15, 0.2) is 12.1 Å². The highest BCUT2D eigenvalue weighted by atomic mass is 35.5. The number of hydrogen-bond acceptors (Lipinski definition) is 4. The molecule has 0 bridgehead atoms. The van der Waals surface area contributed by atoms with Gasteiger partial charge in [-0.1, -0.05) is 11.6 Å². The third-order valence-electron chi connectivity index (χ3n) is 2.68. The number of phenols is 1. The van der Waals surface area contributed by atoms with E-state index in [2.05, 4.69) is 4.74 Å². The van der Waals surface area contributed by atoms with Crippen molar-refractivity contribution in [3.8, 4) is 11.5 Å². The van der Waals surface area contributed by atoms with Crippen LogP contribution in [0.5, 0.6) is 11.5 Å². The van der Waals surface area contributed by atoms with E-state index in [1.165, 1.54) is 13.2 Å². The molecule has 1 aliphatic rings. The Hall–Kier alpha value is -1.47. The quantitative estimate of drug-likeness (QED) is 0.875. The molecule has 20 heavy (non-hydrogen) atoms. The van der Waals surface area contributed by atoms with Crippen LogP contribution >= 0.6 is 24.0 Å². The van der Waals surface area contributed by atoms with Gasteiger partial charge in [0.2, 0.25) is 0 Å². The van der Waals surface area contributed by atoms with Gasteiger partial charge in [0.15, 0.2) is 18.1 Å². The smallest absolute Gasteiger partial charge is 0.408 e. The molecule has 1 aromatic carbocycles. The van der Waals surface area contributed by atoms with E-state index >= 15 is 0 Å². The Kier molecular flexibility index (Phi) is 4.88. The minimum absolute atomic E-state index is 0. The third kappa shape index (κ3) is 2.99.